The lowest BCUT2D eigenvalue weighted by atomic mass is 10.3. The molecule has 0 atom stereocenters. The third kappa shape index (κ3) is 6.84. The highest BCUT2D eigenvalue weighted by Gasteiger charge is 2.21. The van der Waals surface area contributed by atoms with Crippen LogP contribution < -0.4 is 14.3 Å². The molecule has 1 amide bonds. The first-order valence-corrected chi connectivity index (χ1v) is 13.4. The molecule has 0 heterocycles. The zero-order chi connectivity index (χ0) is 24.2. The average molecular weight is 528 g/mol. The maximum absolute atomic E-state index is 12.5. The predicted molar refractivity (Wildman–Crippen MR) is 131 cm³/mol. The number of amides is 1. The Bertz CT molecular complexity index is 1340. The van der Waals surface area contributed by atoms with Gasteiger partial charge >= 0.3 is 0 Å². The minimum absolute atomic E-state index is 0.0191. The van der Waals surface area contributed by atoms with Gasteiger partial charge in [0.05, 0.1) is 16.8 Å². The number of sulfonamides is 2. The van der Waals surface area contributed by atoms with Crippen LogP contribution in [0.1, 0.15) is 0 Å². The van der Waals surface area contributed by atoms with Gasteiger partial charge < -0.3 is 5.32 Å². The normalized spacial score (nSPS) is 11.6. The summed E-state index contributed by atoms with van der Waals surface area (Å²) < 4.78 is 52.8. The van der Waals surface area contributed by atoms with Gasteiger partial charge in [-0.05, 0) is 72.8 Å². The number of nitrogens with one attached hydrogen (secondary N) is 2. The molecular formula is C21H19Cl2N3O5S2. The van der Waals surface area contributed by atoms with Crippen LogP contribution in [0.3, 0.4) is 0 Å². The third-order valence-electron chi connectivity index (χ3n) is 4.35. The molecule has 0 aromatic heterocycles. The van der Waals surface area contributed by atoms with Crippen LogP contribution in [0.15, 0.2) is 77.7 Å². The molecule has 0 spiro atoms. The fourth-order valence-electron chi connectivity index (χ4n) is 2.79. The molecule has 0 radical (unpaired) electrons. The molecule has 0 aliphatic heterocycles. The lowest BCUT2D eigenvalue weighted by Gasteiger charge is -2.22. The monoisotopic (exact) mass is 527 g/mol. The smallest absolute Gasteiger partial charge is 0.261 e. The SMILES string of the molecule is CS(=O)(=O)N(CC(=O)Nc1ccc(S(=O)(=O)Nc2ccc(Cl)cc2)cc1)c1ccc(Cl)cc1. The lowest BCUT2D eigenvalue weighted by molar-refractivity contribution is -0.114. The summed E-state index contributed by atoms with van der Waals surface area (Å²) in [5, 5.41) is 3.46. The van der Waals surface area contributed by atoms with Gasteiger partial charge in [0.2, 0.25) is 15.9 Å². The molecule has 0 aliphatic rings. The number of hydrogen-bond donors (Lipinski definition) is 2. The highest BCUT2D eigenvalue weighted by molar-refractivity contribution is 7.92. The highest BCUT2D eigenvalue weighted by atomic mass is 35.5. The largest absolute Gasteiger partial charge is 0.325 e. The molecule has 0 aliphatic carbocycles. The Morgan fingerprint density at radius 3 is 1.79 bits per heavy atom. The maximum Gasteiger partial charge on any atom is 0.261 e. The molecule has 0 saturated heterocycles. The Morgan fingerprint density at radius 1 is 0.788 bits per heavy atom. The van der Waals surface area contributed by atoms with Crippen LogP contribution in [-0.4, -0.2) is 35.5 Å². The minimum Gasteiger partial charge on any atom is -0.325 e. The van der Waals surface area contributed by atoms with E-state index in [9.17, 15) is 21.6 Å². The van der Waals surface area contributed by atoms with Crippen molar-refractivity contribution in [3.8, 4) is 0 Å². The summed E-state index contributed by atoms with van der Waals surface area (Å²) in [5.41, 5.74) is 0.932. The van der Waals surface area contributed by atoms with Gasteiger partial charge in [0.1, 0.15) is 6.54 Å². The second-order valence-corrected chi connectivity index (χ2v) is 11.4. The number of benzene rings is 3. The molecule has 3 rings (SSSR count). The maximum atomic E-state index is 12.5. The Hall–Kier alpha value is -2.79. The van der Waals surface area contributed by atoms with Crippen LogP contribution in [0, 0.1) is 0 Å². The van der Waals surface area contributed by atoms with Crippen LogP contribution in [0.5, 0.6) is 0 Å². The van der Waals surface area contributed by atoms with Crippen molar-refractivity contribution >= 4 is 66.2 Å². The number of hydrogen-bond acceptors (Lipinski definition) is 5. The van der Waals surface area contributed by atoms with E-state index in [0.717, 1.165) is 10.6 Å². The number of carbonyl (C=O) groups excluding carboxylic acids is 1. The van der Waals surface area contributed by atoms with E-state index >= 15 is 0 Å². The molecule has 174 valence electrons. The molecular weight excluding hydrogens is 509 g/mol. The Balaban J connectivity index is 1.70. The van der Waals surface area contributed by atoms with E-state index in [1.807, 2.05) is 0 Å². The first-order chi connectivity index (χ1) is 15.4. The van der Waals surface area contributed by atoms with Crippen LogP contribution in [0.2, 0.25) is 10.0 Å². The van der Waals surface area contributed by atoms with Crippen molar-refractivity contribution in [3.05, 3.63) is 82.8 Å². The predicted octanol–water partition coefficient (Wildman–Crippen LogP) is 4.20. The molecule has 8 nitrogen and oxygen atoms in total. The standard InChI is InChI=1S/C21H19Cl2N3O5S2/c1-32(28,29)26(19-10-4-16(23)5-11-19)14-21(27)24-17-8-12-20(13-9-17)33(30,31)25-18-6-2-15(22)3-7-18/h2-13,25H,14H2,1H3,(H,24,27). The molecule has 3 aromatic rings. The zero-order valence-electron chi connectivity index (χ0n) is 17.2. The van der Waals surface area contributed by atoms with Crippen molar-refractivity contribution in [2.24, 2.45) is 0 Å². The van der Waals surface area contributed by atoms with Gasteiger partial charge in [-0.2, -0.15) is 0 Å². The number of halogens is 2. The van der Waals surface area contributed by atoms with Crippen molar-refractivity contribution in [2.75, 3.05) is 27.1 Å². The number of rotatable bonds is 8. The fourth-order valence-corrected chi connectivity index (χ4v) is 4.95. The van der Waals surface area contributed by atoms with Gasteiger partial charge in [0, 0.05) is 21.4 Å². The fraction of sp³-hybridized carbons (Fsp3) is 0.0952. The zero-order valence-corrected chi connectivity index (χ0v) is 20.3. The topological polar surface area (TPSA) is 113 Å². The van der Waals surface area contributed by atoms with E-state index < -0.39 is 32.5 Å². The van der Waals surface area contributed by atoms with E-state index in [1.54, 1.807) is 12.1 Å². The van der Waals surface area contributed by atoms with Gasteiger partial charge in [0.25, 0.3) is 10.0 Å². The minimum atomic E-state index is -3.85. The van der Waals surface area contributed by atoms with Gasteiger partial charge in [-0.3, -0.25) is 13.8 Å². The molecule has 0 bridgehead atoms. The van der Waals surface area contributed by atoms with Gasteiger partial charge in [-0.1, -0.05) is 23.2 Å². The summed E-state index contributed by atoms with van der Waals surface area (Å²) >= 11 is 11.6. The highest BCUT2D eigenvalue weighted by Crippen LogP contribution is 2.22. The molecule has 2 N–H and O–H groups in total. The quantitative estimate of drug-likeness (QED) is 0.455. The Labute approximate surface area is 202 Å². The van der Waals surface area contributed by atoms with E-state index in [1.165, 1.54) is 60.7 Å². The summed E-state index contributed by atoms with van der Waals surface area (Å²) in [7, 11) is -7.60. The lowest BCUT2D eigenvalue weighted by Crippen LogP contribution is -2.37. The molecule has 0 saturated carbocycles. The summed E-state index contributed by atoms with van der Waals surface area (Å²) in [5.74, 6) is -0.606. The second kappa shape index (κ2) is 10.0. The van der Waals surface area contributed by atoms with Gasteiger partial charge in [-0.15, -0.1) is 0 Å². The summed E-state index contributed by atoms with van der Waals surface area (Å²) in [6.45, 7) is -0.474. The molecule has 3 aromatic carbocycles. The summed E-state index contributed by atoms with van der Waals surface area (Å²) in [4.78, 5) is 12.5. The van der Waals surface area contributed by atoms with Crippen LogP contribution in [0.25, 0.3) is 0 Å². The number of anilines is 3. The van der Waals surface area contributed by atoms with Crippen molar-refractivity contribution < 1.29 is 21.6 Å². The molecule has 0 fully saturated rings. The van der Waals surface area contributed by atoms with E-state index in [-0.39, 0.29) is 10.6 Å². The second-order valence-electron chi connectivity index (χ2n) is 6.93. The first-order valence-electron chi connectivity index (χ1n) is 9.36. The summed E-state index contributed by atoms with van der Waals surface area (Å²) in [6.07, 6.45) is 0.988. The van der Waals surface area contributed by atoms with Crippen molar-refractivity contribution in [1.82, 2.24) is 0 Å². The number of nitrogens with zero attached hydrogens (tertiary/aromatic N) is 1. The average Bonchev–Trinajstić information content (AvgIpc) is 2.74. The molecule has 12 heteroatoms. The van der Waals surface area contributed by atoms with Crippen molar-refractivity contribution in [3.63, 3.8) is 0 Å². The third-order valence-corrected chi connectivity index (χ3v) is 7.39. The molecule has 0 unspecified atom stereocenters. The summed E-state index contributed by atoms with van der Waals surface area (Å²) in [6, 6.07) is 17.6. The van der Waals surface area contributed by atoms with Crippen LogP contribution in [0.4, 0.5) is 17.1 Å². The molecule has 33 heavy (non-hydrogen) atoms. The Morgan fingerprint density at radius 2 is 1.27 bits per heavy atom. The van der Waals surface area contributed by atoms with Gasteiger partial charge in [-0.25, -0.2) is 16.8 Å². The van der Waals surface area contributed by atoms with E-state index in [2.05, 4.69) is 10.0 Å². The van der Waals surface area contributed by atoms with E-state index in [4.69, 9.17) is 23.2 Å². The Kier molecular flexibility index (Phi) is 7.53. The van der Waals surface area contributed by atoms with Crippen LogP contribution in [-0.2, 0) is 24.8 Å². The van der Waals surface area contributed by atoms with Gasteiger partial charge in [0.15, 0.2) is 0 Å². The number of carbonyl (C=O) groups is 1. The van der Waals surface area contributed by atoms with Crippen LogP contribution >= 0.6 is 23.2 Å². The first kappa shape index (κ1) is 24.8. The van der Waals surface area contributed by atoms with E-state index in [0.29, 0.717) is 21.4 Å². The van der Waals surface area contributed by atoms with Crippen molar-refractivity contribution in [1.29, 1.82) is 0 Å². The van der Waals surface area contributed by atoms with Crippen molar-refractivity contribution in [2.45, 2.75) is 4.90 Å².